The summed E-state index contributed by atoms with van der Waals surface area (Å²) in [5, 5.41) is 10.4. The largest absolute Gasteiger partial charge is 0.478 e. The van der Waals surface area contributed by atoms with Gasteiger partial charge in [0.15, 0.2) is 5.58 Å². The number of anilines is 1. The predicted molar refractivity (Wildman–Crippen MR) is 83.3 cm³/mol. The molecule has 0 fully saturated rings. The highest BCUT2D eigenvalue weighted by Gasteiger charge is 2.18. The molecule has 2 aromatic carbocycles. The maximum absolute atomic E-state index is 12.3. The van der Waals surface area contributed by atoms with E-state index in [1.165, 1.54) is 17.1 Å². The Morgan fingerprint density at radius 2 is 1.74 bits per heavy atom. The van der Waals surface area contributed by atoms with Crippen LogP contribution in [0.1, 0.15) is 20.7 Å². The normalized spacial score (nSPS) is 10.5. The summed E-state index contributed by atoms with van der Waals surface area (Å²) < 4.78 is 5.53. The van der Waals surface area contributed by atoms with Gasteiger partial charge in [-0.25, -0.2) is 9.80 Å². The Hall–Kier alpha value is -3.35. The highest BCUT2D eigenvalue weighted by atomic mass is 16.4. The van der Waals surface area contributed by atoms with E-state index < -0.39 is 11.9 Å². The minimum absolute atomic E-state index is 0.0583. The van der Waals surface area contributed by atoms with Crippen molar-refractivity contribution in [1.82, 2.24) is 10.4 Å². The Balaban J connectivity index is 1.83. The smallest absolute Gasteiger partial charge is 0.336 e. The first-order valence-corrected chi connectivity index (χ1v) is 6.79. The van der Waals surface area contributed by atoms with E-state index in [-0.39, 0.29) is 17.1 Å². The van der Waals surface area contributed by atoms with Crippen LogP contribution in [0.2, 0.25) is 0 Å². The summed E-state index contributed by atoms with van der Waals surface area (Å²) in [6.07, 6.45) is 0. The first-order valence-electron chi connectivity index (χ1n) is 6.79. The Kier molecular flexibility index (Phi) is 3.68. The Morgan fingerprint density at radius 3 is 2.43 bits per heavy atom. The van der Waals surface area contributed by atoms with Crippen LogP contribution in [0.4, 0.5) is 6.01 Å². The van der Waals surface area contributed by atoms with Crippen LogP contribution in [-0.4, -0.2) is 29.0 Å². The number of carboxylic acids is 1. The van der Waals surface area contributed by atoms with Crippen molar-refractivity contribution >= 4 is 29.0 Å². The number of aromatic carboxylic acids is 1. The van der Waals surface area contributed by atoms with Gasteiger partial charge in [-0.1, -0.05) is 24.3 Å². The van der Waals surface area contributed by atoms with Crippen molar-refractivity contribution in [2.45, 2.75) is 0 Å². The fourth-order valence-electron chi connectivity index (χ4n) is 2.13. The number of nitrogens with zero attached hydrogens (tertiary/aromatic N) is 2. The first-order chi connectivity index (χ1) is 11.1. The number of hydrogen-bond acceptors (Lipinski definition) is 5. The molecule has 0 aliphatic rings. The van der Waals surface area contributed by atoms with E-state index in [1.54, 1.807) is 31.3 Å². The van der Waals surface area contributed by atoms with E-state index in [2.05, 4.69) is 10.4 Å². The molecule has 0 bridgehead atoms. The van der Waals surface area contributed by atoms with Crippen molar-refractivity contribution in [3.63, 3.8) is 0 Å². The topological polar surface area (TPSA) is 95.7 Å². The maximum Gasteiger partial charge on any atom is 0.336 e. The number of amides is 1. The van der Waals surface area contributed by atoms with Gasteiger partial charge in [0.25, 0.3) is 5.91 Å². The molecule has 0 unspecified atom stereocenters. The second kappa shape index (κ2) is 5.80. The zero-order valence-corrected chi connectivity index (χ0v) is 12.2. The number of carboxylic acid groups (broad SMARTS) is 1. The number of benzene rings is 2. The van der Waals surface area contributed by atoms with Crippen LogP contribution < -0.4 is 10.4 Å². The van der Waals surface area contributed by atoms with Gasteiger partial charge in [-0.2, -0.15) is 4.98 Å². The molecule has 0 radical (unpaired) electrons. The van der Waals surface area contributed by atoms with Gasteiger partial charge < -0.3 is 9.52 Å². The molecular weight excluding hydrogens is 298 g/mol. The molecule has 1 aromatic heterocycles. The van der Waals surface area contributed by atoms with E-state index in [9.17, 15) is 9.59 Å². The number of para-hydroxylation sites is 2. The monoisotopic (exact) mass is 311 g/mol. The van der Waals surface area contributed by atoms with Crippen molar-refractivity contribution in [3.05, 3.63) is 59.7 Å². The van der Waals surface area contributed by atoms with Gasteiger partial charge in [-0.05, 0) is 24.3 Å². The van der Waals surface area contributed by atoms with Gasteiger partial charge in [0, 0.05) is 7.05 Å². The molecule has 0 atom stereocenters. The number of rotatable bonds is 4. The first kappa shape index (κ1) is 14.6. The van der Waals surface area contributed by atoms with Crippen molar-refractivity contribution in [1.29, 1.82) is 0 Å². The number of carbonyl (C=O) groups excluding carboxylic acids is 1. The third-order valence-corrected chi connectivity index (χ3v) is 3.24. The van der Waals surface area contributed by atoms with Crippen LogP contribution >= 0.6 is 0 Å². The molecule has 0 aliphatic carbocycles. The third-order valence-electron chi connectivity index (χ3n) is 3.24. The van der Waals surface area contributed by atoms with Gasteiger partial charge in [0.2, 0.25) is 0 Å². The number of carbonyl (C=O) groups is 2. The van der Waals surface area contributed by atoms with Crippen LogP contribution in [0.25, 0.3) is 11.1 Å². The summed E-state index contributed by atoms with van der Waals surface area (Å²) in [6, 6.07) is 13.4. The number of oxazole rings is 1. The predicted octanol–water partition coefficient (Wildman–Crippen LogP) is 2.31. The number of hydrogen-bond donors (Lipinski definition) is 2. The van der Waals surface area contributed by atoms with Crippen LogP contribution in [0.5, 0.6) is 0 Å². The highest BCUT2D eigenvalue weighted by molar-refractivity contribution is 6.05. The lowest BCUT2D eigenvalue weighted by molar-refractivity contribution is 0.0691. The molecule has 23 heavy (non-hydrogen) atoms. The van der Waals surface area contributed by atoms with Crippen LogP contribution in [-0.2, 0) is 0 Å². The van der Waals surface area contributed by atoms with Gasteiger partial charge in [-0.15, -0.1) is 0 Å². The molecule has 7 heteroatoms. The molecule has 2 N–H and O–H groups in total. The molecule has 1 amide bonds. The molecular formula is C16H13N3O4. The molecule has 116 valence electrons. The number of nitrogens with one attached hydrogen (secondary N) is 1. The average molecular weight is 311 g/mol. The quantitative estimate of drug-likeness (QED) is 0.718. The van der Waals surface area contributed by atoms with Crippen LogP contribution in [0.15, 0.2) is 52.9 Å². The van der Waals surface area contributed by atoms with Crippen molar-refractivity contribution in [2.24, 2.45) is 0 Å². The Labute approximate surface area is 131 Å². The summed E-state index contributed by atoms with van der Waals surface area (Å²) in [6.45, 7) is 0. The van der Waals surface area contributed by atoms with E-state index >= 15 is 0 Å². The standard InChI is InChI=1S/C16H13N3O4/c1-19(16-17-12-8-4-5-9-13(12)23-16)18-14(20)10-6-2-3-7-11(10)15(21)22/h2-9H,1H3,(H,18,20)(H,21,22). The van der Waals surface area contributed by atoms with Gasteiger partial charge >= 0.3 is 12.0 Å². The summed E-state index contributed by atoms with van der Waals surface area (Å²) >= 11 is 0. The minimum atomic E-state index is -1.17. The lowest BCUT2D eigenvalue weighted by Gasteiger charge is -2.16. The molecule has 3 rings (SSSR count). The average Bonchev–Trinajstić information content (AvgIpc) is 2.99. The van der Waals surface area contributed by atoms with Gasteiger partial charge in [0.1, 0.15) is 5.52 Å². The summed E-state index contributed by atoms with van der Waals surface area (Å²) in [5.74, 6) is -1.73. The summed E-state index contributed by atoms with van der Waals surface area (Å²) in [4.78, 5) is 27.7. The van der Waals surface area contributed by atoms with Gasteiger partial charge in [-0.3, -0.25) is 10.2 Å². The molecule has 0 aliphatic heterocycles. The maximum atomic E-state index is 12.3. The highest BCUT2D eigenvalue weighted by Crippen LogP contribution is 2.20. The molecule has 0 saturated heterocycles. The second-order valence-electron chi connectivity index (χ2n) is 4.81. The fraction of sp³-hybridized carbons (Fsp3) is 0.0625. The zero-order valence-electron chi connectivity index (χ0n) is 12.2. The fourth-order valence-corrected chi connectivity index (χ4v) is 2.13. The van der Waals surface area contributed by atoms with E-state index in [0.717, 1.165) is 0 Å². The van der Waals surface area contributed by atoms with Crippen LogP contribution in [0.3, 0.4) is 0 Å². The molecule has 3 aromatic rings. The molecule has 1 heterocycles. The third kappa shape index (κ3) is 2.84. The molecule has 0 saturated carbocycles. The van der Waals surface area contributed by atoms with Crippen molar-refractivity contribution in [2.75, 3.05) is 12.1 Å². The van der Waals surface area contributed by atoms with Crippen molar-refractivity contribution < 1.29 is 19.1 Å². The summed E-state index contributed by atoms with van der Waals surface area (Å²) in [7, 11) is 1.56. The van der Waals surface area contributed by atoms with E-state index in [1.807, 2.05) is 12.1 Å². The number of hydrazine groups is 1. The Morgan fingerprint density at radius 1 is 1.09 bits per heavy atom. The molecule has 7 nitrogen and oxygen atoms in total. The number of fused-ring (bicyclic) bond motifs is 1. The second-order valence-corrected chi connectivity index (χ2v) is 4.81. The van der Waals surface area contributed by atoms with E-state index in [4.69, 9.17) is 9.52 Å². The van der Waals surface area contributed by atoms with Crippen molar-refractivity contribution in [3.8, 4) is 0 Å². The lowest BCUT2D eigenvalue weighted by atomic mass is 10.1. The zero-order chi connectivity index (χ0) is 16.4. The summed E-state index contributed by atoms with van der Waals surface area (Å²) in [5.41, 5.74) is 3.78. The SMILES string of the molecule is CN(NC(=O)c1ccccc1C(=O)O)c1nc2ccccc2o1. The van der Waals surface area contributed by atoms with Crippen LogP contribution in [0, 0.1) is 0 Å². The Bertz CT molecular complexity index is 855. The minimum Gasteiger partial charge on any atom is -0.478 e. The lowest BCUT2D eigenvalue weighted by Crippen LogP contribution is -2.40. The molecule has 0 spiro atoms. The number of aromatic nitrogens is 1. The van der Waals surface area contributed by atoms with E-state index in [0.29, 0.717) is 11.1 Å². The van der Waals surface area contributed by atoms with Gasteiger partial charge in [0.05, 0.1) is 11.1 Å².